The average Bonchev–Trinajstić information content (AvgIpc) is 2.46. The third-order valence-corrected chi connectivity index (χ3v) is 2.77. The van der Waals surface area contributed by atoms with E-state index in [-0.39, 0.29) is 11.1 Å². The summed E-state index contributed by atoms with van der Waals surface area (Å²) in [5.74, 6) is 3.99. The third-order valence-electron chi connectivity index (χ3n) is 2.77. The molecule has 0 unspecified atom stereocenters. The van der Waals surface area contributed by atoms with Crippen LogP contribution in [-0.2, 0) is 11.0 Å². The van der Waals surface area contributed by atoms with E-state index in [0.29, 0.717) is 5.56 Å². The molecule has 0 atom stereocenters. The number of hydrogen-bond acceptors (Lipinski definition) is 3. The van der Waals surface area contributed by atoms with Crippen molar-refractivity contribution >= 4 is 5.97 Å². The van der Waals surface area contributed by atoms with Gasteiger partial charge in [-0.1, -0.05) is 30.3 Å². The molecule has 3 nitrogen and oxygen atoms in total. The Bertz CT molecular complexity index is 621. The van der Waals surface area contributed by atoms with Gasteiger partial charge in [0, 0.05) is 0 Å². The van der Waals surface area contributed by atoms with E-state index in [1.165, 1.54) is 42.5 Å². The van der Waals surface area contributed by atoms with Gasteiger partial charge in [-0.25, -0.2) is 4.79 Å². The van der Waals surface area contributed by atoms with Gasteiger partial charge in [-0.3, -0.25) is 0 Å². The average molecular weight is 281 g/mol. The highest BCUT2D eigenvalue weighted by molar-refractivity contribution is 5.89. The third kappa shape index (κ3) is 2.80. The fourth-order valence-electron chi connectivity index (χ4n) is 1.84. The fourth-order valence-corrected chi connectivity index (χ4v) is 1.84. The molecule has 0 aliphatic heterocycles. The zero-order valence-corrected chi connectivity index (χ0v) is 10.1. The molecule has 0 spiro atoms. The van der Waals surface area contributed by atoms with Crippen molar-refractivity contribution in [2.45, 2.75) is 6.18 Å². The van der Waals surface area contributed by atoms with Crippen molar-refractivity contribution in [3.8, 4) is 11.1 Å². The van der Waals surface area contributed by atoms with Crippen molar-refractivity contribution < 1.29 is 22.8 Å². The van der Waals surface area contributed by atoms with Gasteiger partial charge in [-0.05, 0) is 29.3 Å². The second kappa shape index (κ2) is 5.34. The second-order valence-corrected chi connectivity index (χ2v) is 4.03. The first-order chi connectivity index (χ1) is 9.43. The molecule has 0 fully saturated rings. The second-order valence-electron chi connectivity index (χ2n) is 4.03. The van der Waals surface area contributed by atoms with Gasteiger partial charge in [0.2, 0.25) is 0 Å². The van der Waals surface area contributed by atoms with Gasteiger partial charge in [-0.15, -0.1) is 0 Å². The molecule has 0 aliphatic carbocycles. The molecule has 0 amide bonds. The molecule has 6 heteroatoms. The Morgan fingerprint density at radius 1 is 1.00 bits per heavy atom. The highest BCUT2D eigenvalue weighted by Gasteiger charge is 2.33. The van der Waals surface area contributed by atoms with E-state index in [9.17, 15) is 18.0 Å². The normalized spacial score (nSPS) is 11.2. The summed E-state index contributed by atoms with van der Waals surface area (Å²) >= 11 is 0. The van der Waals surface area contributed by atoms with E-state index in [1.807, 2.05) is 0 Å². The van der Waals surface area contributed by atoms with Gasteiger partial charge in [0.1, 0.15) is 0 Å². The first-order valence-corrected chi connectivity index (χ1v) is 5.61. The van der Waals surface area contributed by atoms with Crippen LogP contribution in [0.3, 0.4) is 0 Å². The molecule has 0 saturated carbocycles. The number of benzene rings is 2. The number of rotatable bonds is 2. The zero-order chi connectivity index (χ0) is 14.8. The number of alkyl halides is 3. The van der Waals surface area contributed by atoms with Crippen LogP contribution in [0, 0.1) is 0 Å². The maximum atomic E-state index is 12.9. The molecule has 2 rings (SSSR count). The maximum Gasteiger partial charge on any atom is 0.417 e. The molecule has 104 valence electrons. The monoisotopic (exact) mass is 281 g/mol. The Kier molecular flexibility index (Phi) is 3.76. The topological polar surface area (TPSA) is 52.3 Å². The number of carbonyl (C=O) groups excluding carboxylic acids is 1. The lowest BCUT2D eigenvalue weighted by Gasteiger charge is -2.12. The van der Waals surface area contributed by atoms with Crippen LogP contribution in [-0.4, -0.2) is 5.97 Å². The number of hydrogen-bond donors (Lipinski definition) is 1. The SMILES string of the molecule is NOC(=O)c1ccc(-c2ccccc2C(F)(F)F)cc1. The number of carbonyl (C=O) groups is 1. The van der Waals surface area contributed by atoms with Gasteiger partial charge in [-0.2, -0.15) is 19.1 Å². The maximum absolute atomic E-state index is 12.9. The van der Waals surface area contributed by atoms with Crippen molar-refractivity contribution in [1.29, 1.82) is 0 Å². The quantitative estimate of drug-likeness (QED) is 0.858. The van der Waals surface area contributed by atoms with Crippen LogP contribution in [0.4, 0.5) is 13.2 Å². The van der Waals surface area contributed by atoms with E-state index in [1.54, 1.807) is 0 Å². The van der Waals surface area contributed by atoms with E-state index < -0.39 is 17.7 Å². The summed E-state index contributed by atoms with van der Waals surface area (Å²) in [5.41, 5.74) is -0.158. The molecule has 0 aromatic heterocycles. The van der Waals surface area contributed by atoms with Gasteiger partial charge in [0.05, 0.1) is 11.1 Å². The minimum absolute atomic E-state index is 0.0488. The summed E-state index contributed by atoms with van der Waals surface area (Å²) < 4.78 is 38.7. The lowest BCUT2D eigenvalue weighted by Crippen LogP contribution is -2.10. The summed E-state index contributed by atoms with van der Waals surface area (Å²) in [6.07, 6.45) is -4.44. The fraction of sp³-hybridized carbons (Fsp3) is 0.0714. The van der Waals surface area contributed by atoms with Gasteiger partial charge < -0.3 is 4.84 Å². The molecule has 0 bridgehead atoms. The Balaban J connectivity index is 2.45. The van der Waals surface area contributed by atoms with Crippen LogP contribution in [0.15, 0.2) is 48.5 Å². The minimum Gasteiger partial charge on any atom is -0.370 e. The molecule has 0 radical (unpaired) electrons. The molecule has 2 aromatic carbocycles. The lowest BCUT2D eigenvalue weighted by atomic mass is 9.98. The van der Waals surface area contributed by atoms with E-state index in [0.717, 1.165) is 6.07 Å². The molecule has 2 aromatic rings. The molecule has 20 heavy (non-hydrogen) atoms. The molecule has 0 saturated heterocycles. The van der Waals surface area contributed by atoms with Crippen molar-refractivity contribution in [2.24, 2.45) is 5.90 Å². The standard InChI is InChI=1S/C14H10F3NO2/c15-14(16,17)12-4-2-1-3-11(12)9-5-7-10(8-6-9)13(19)20-18/h1-8H,18H2. The highest BCUT2D eigenvalue weighted by Crippen LogP contribution is 2.36. The van der Waals surface area contributed by atoms with Crippen LogP contribution in [0.5, 0.6) is 0 Å². The largest absolute Gasteiger partial charge is 0.417 e. The van der Waals surface area contributed by atoms with Crippen LogP contribution >= 0.6 is 0 Å². The first kappa shape index (κ1) is 14.1. The van der Waals surface area contributed by atoms with Crippen molar-refractivity contribution in [1.82, 2.24) is 0 Å². The Hall–Kier alpha value is -2.34. The minimum atomic E-state index is -4.44. The Morgan fingerprint density at radius 3 is 2.15 bits per heavy atom. The highest BCUT2D eigenvalue weighted by atomic mass is 19.4. The lowest BCUT2D eigenvalue weighted by molar-refractivity contribution is -0.137. The smallest absolute Gasteiger partial charge is 0.370 e. The summed E-state index contributed by atoms with van der Waals surface area (Å²) in [6, 6.07) is 10.8. The van der Waals surface area contributed by atoms with Crippen LogP contribution in [0.25, 0.3) is 11.1 Å². The van der Waals surface area contributed by atoms with E-state index >= 15 is 0 Å². The summed E-state index contributed by atoms with van der Waals surface area (Å²) in [7, 11) is 0. The van der Waals surface area contributed by atoms with Gasteiger partial charge >= 0.3 is 12.1 Å². The van der Waals surface area contributed by atoms with Crippen molar-refractivity contribution in [3.63, 3.8) is 0 Å². The predicted molar refractivity (Wildman–Crippen MR) is 66.5 cm³/mol. The molecular formula is C14H10F3NO2. The predicted octanol–water partition coefficient (Wildman–Crippen LogP) is 3.40. The van der Waals surface area contributed by atoms with E-state index in [4.69, 9.17) is 5.90 Å². The summed E-state index contributed by atoms with van der Waals surface area (Å²) in [6.45, 7) is 0. The number of nitrogens with two attached hydrogens (primary N) is 1. The zero-order valence-electron chi connectivity index (χ0n) is 10.1. The van der Waals surface area contributed by atoms with Gasteiger partial charge in [0.25, 0.3) is 0 Å². The molecule has 0 aliphatic rings. The van der Waals surface area contributed by atoms with Gasteiger partial charge in [0.15, 0.2) is 0 Å². The molecule has 0 heterocycles. The van der Waals surface area contributed by atoms with Crippen LogP contribution in [0.1, 0.15) is 15.9 Å². The van der Waals surface area contributed by atoms with Crippen molar-refractivity contribution in [3.05, 3.63) is 59.7 Å². The Morgan fingerprint density at radius 2 is 1.60 bits per heavy atom. The van der Waals surface area contributed by atoms with Crippen molar-refractivity contribution in [2.75, 3.05) is 0 Å². The number of halogens is 3. The summed E-state index contributed by atoms with van der Waals surface area (Å²) in [5, 5.41) is 0. The Labute approximate surface area is 112 Å². The summed E-state index contributed by atoms with van der Waals surface area (Å²) in [4.78, 5) is 15.2. The first-order valence-electron chi connectivity index (χ1n) is 5.61. The van der Waals surface area contributed by atoms with Crippen LogP contribution in [0.2, 0.25) is 0 Å². The van der Waals surface area contributed by atoms with E-state index in [2.05, 4.69) is 4.84 Å². The van der Waals surface area contributed by atoms with Crippen LogP contribution < -0.4 is 5.90 Å². The molecule has 2 N–H and O–H groups in total. The molecular weight excluding hydrogens is 271 g/mol.